The number of hydrogen-bond donors (Lipinski definition) is 1. The van der Waals surface area contributed by atoms with Gasteiger partial charge in [-0.25, -0.2) is 9.97 Å². The normalized spacial score (nSPS) is 12.2. The summed E-state index contributed by atoms with van der Waals surface area (Å²) >= 11 is 3.39. The van der Waals surface area contributed by atoms with Gasteiger partial charge in [-0.2, -0.15) is 22.7 Å². The summed E-state index contributed by atoms with van der Waals surface area (Å²) in [6.07, 6.45) is -0.928. The van der Waals surface area contributed by atoms with Crippen molar-refractivity contribution >= 4 is 33.2 Å². The van der Waals surface area contributed by atoms with E-state index in [2.05, 4.69) is 41.3 Å². The van der Waals surface area contributed by atoms with Crippen LogP contribution in [0.2, 0.25) is 0 Å². The number of fused-ring (bicyclic) bond motifs is 2. The van der Waals surface area contributed by atoms with Crippen molar-refractivity contribution in [2.75, 3.05) is 5.32 Å². The quantitative estimate of drug-likeness (QED) is 0.543. The monoisotopic (exact) mass is 425 g/mol. The first kappa shape index (κ1) is 16.8. The van der Waals surface area contributed by atoms with E-state index in [0.29, 0.717) is 18.1 Å². The van der Waals surface area contributed by atoms with Gasteiger partial charge in [0.1, 0.15) is 11.5 Å². The second-order valence-corrected chi connectivity index (χ2v) is 6.54. The Balaban J connectivity index is 1.66. The predicted octanol–water partition coefficient (Wildman–Crippen LogP) is 3.47. The molecule has 0 fully saturated rings. The zero-order chi connectivity index (χ0) is 18.5. The molecule has 0 radical (unpaired) electrons. The summed E-state index contributed by atoms with van der Waals surface area (Å²) in [7, 11) is 0. The Morgan fingerprint density at radius 2 is 1.96 bits per heavy atom. The predicted molar refractivity (Wildman–Crippen MR) is 90.7 cm³/mol. The number of halogens is 4. The van der Waals surface area contributed by atoms with Gasteiger partial charge in [0.2, 0.25) is 0 Å². The molecule has 0 aliphatic heterocycles. The molecular weight excluding hydrogens is 415 g/mol. The molecule has 0 atom stereocenters. The van der Waals surface area contributed by atoms with Crippen molar-refractivity contribution in [2.45, 2.75) is 19.6 Å². The van der Waals surface area contributed by atoms with Crippen molar-refractivity contribution in [3.8, 4) is 0 Å². The number of nitrogens with zero attached hydrogens (tertiary/aromatic N) is 6. The Kier molecular flexibility index (Phi) is 3.83. The summed E-state index contributed by atoms with van der Waals surface area (Å²) in [5.74, 6) is -0.983. The molecule has 0 aromatic carbocycles. The van der Waals surface area contributed by atoms with Crippen LogP contribution < -0.4 is 5.32 Å². The van der Waals surface area contributed by atoms with E-state index in [4.69, 9.17) is 0 Å². The number of alkyl halides is 3. The Labute approximate surface area is 153 Å². The molecule has 4 heterocycles. The van der Waals surface area contributed by atoms with Gasteiger partial charge in [0.15, 0.2) is 0 Å². The van der Waals surface area contributed by atoms with Gasteiger partial charge < -0.3 is 9.72 Å². The molecule has 0 saturated heterocycles. The smallest absolute Gasteiger partial charge is 0.364 e. The molecule has 11 heteroatoms. The van der Waals surface area contributed by atoms with Crippen LogP contribution >= 0.6 is 15.9 Å². The first-order valence-electron chi connectivity index (χ1n) is 7.48. The molecule has 4 rings (SSSR count). The molecule has 0 saturated carbocycles. The summed E-state index contributed by atoms with van der Waals surface area (Å²) in [6.45, 7) is 1.98. The summed E-state index contributed by atoms with van der Waals surface area (Å²) in [5.41, 5.74) is 2.02. The summed E-state index contributed by atoms with van der Waals surface area (Å²) in [4.78, 5) is 11.9. The molecule has 4 aromatic rings. The number of pyridine rings is 1. The van der Waals surface area contributed by atoms with Gasteiger partial charge in [-0.05, 0) is 35.0 Å². The zero-order valence-electron chi connectivity index (χ0n) is 13.3. The van der Waals surface area contributed by atoms with E-state index in [1.807, 2.05) is 28.9 Å². The lowest BCUT2D eigenvalue weighted by Crippen LogP contribution is -2.09. The Morgan fingerprint density at radius 3 is 2.73 bits per heavy atom. The third-order valence-corrected chi connectivity index (χ3v) is 4.08. The van der Waals surface area contributed by atoms with Crippen molar-refractivity contribution in [1.29, 1.82) is 0 Å². The maximum Gasteiger partial charge on any atom is 0.453 e. The number of aryl methyl sites for hydroxylation is 1. The highest BCUT2D eigenvalue weighted by atomic mass is 79.9. The van der Waals surface area contributed by atoms with E-state index >= 15 is 0 Å². The van der Waals surface area contributed by atoms with Gasteiger partial charge in [-0.1, -0.05) is 0 Å². The van der Waals surface area contributed by atoms with Crippen LogP contribution in [0.15, 0.2) is 35.1 Å². The average molecular weight is 426 g/mol. The largest absolute Gasteiger partial charge is 0.453 e. The van der Waals surface area contributed by atoms with E-state index in [9.17, 15) is 13.2 Å². The molecular formula is C15H11BrF3N7. The molecule has 0 amide bonds. The molecule has 134 valence electrons. The van der Waals surface area contributed by atoms with E-state index in [0.717, 1.165) is 20.3 Å². The van der Waals surface area contributed by atoms with Gasteiger partial charge in [0.25, 0.3) is 11.6 Å². The SMILES string of the molecule is Cc1cc(NCc2cn3cc(Br)ccc3n2)n2nc(C(F)(F)F)nc2n1. The van der Waals surface area contributed by atoms with Gasteiger partial charge in [-0.3, -0.25) is 0 Å². The van der Waals surface area contributed by atoms with Gasteiger partial charge >= 0.3 is 6.18 Å². The molecule has 7 nitrogen and oxygen atoms in total. The van der Waals surface area contributed by atoms with Crippen LogP contribution in [0, 0.1) is 6.92 Å². The van der Waals surface area contributed by atoms with Crippen molar-refractivity contribution in [2.24, 2.45) is 0 Å². The second-order valence-electron chi connectivity index (χ2n) is 5.63. The number of aromatic nitrogens is 6. The highest BCUT2D eigenvalue weighted by Crippen LogP contribution is 2.27. The second kappa shape index (κ2) is 5.94. The van der Waals surface area contributed by atoms with Crippen molar-refractivity contribution in [3.05, 3.63) is 52.3 Å². The highest BCUT2D eigenvalue weighted by molar-refractivity contribution is 9.10. The van der Waals surface area contributed by atoms with Crippen LogP contribution in [-0.2, 0) is 12.7 Å². The lowest BCUT2D eigenvalue weighted by molar-refractivity contribution is -0.144. The van der Waals surface area contributed by atoms with E-state index in [1.54, 1.807) is 13.0 Å². The molecule has 4 aromatic heterocycles. The third kappa shape index (κ3) is 3.09. The topological polar surface area (TPSA) is 72.4 Å². The molecule has 0 bridgehead atoms. The number of hydrogen-bond acceptors (Lipinski definition) is 5. The fourth-order valence-electron chi connectivity index (χ4n) is 2.52. The van der Waals surface area contributed by atoms with Gasteiger partial charge in [0.05, 0.1) is 12.2 Å². The Bertz CT molecular complexity index is 1120. The molecule has 26 heavy (non-hydrogen) atoms. The number of rotatable bonds is 3. The summed E-state index contributed by atoms with van der Waals surface area (Å²) in [5, 5.41) is 6.57. The van der Waals surface area contributed by atoms with Crippen LogP contribution in [0.25, 0.3) is 11.4 Å². The molecule has 0 aliphatic carbocycles. The van der Waals surface area contributed by atoms with Crippen molar-refractivity contribution in [1.82, 2.24) is 29.0 Å². The minimum absolute atomic E-state index is 0.112. The van der Waals surface area contributed by atoms with E-state index < -0.39 is 12.0 Å². The van der Waals surface area contributed by atoms with E-state index in [-0.39, 0.29) is 5.78 Å². The minimum atomic E-state index is -4.63. The lowest BCUT2D eigenvalue weighted by atomic mass is 10.4. The molecule has 0 unspecified atom stereocenters. The van der Waals surface area contributed by atoms with Crippen LogP contribution in [0.3, 0.4) is 0 Å². The molecule has 0 spiro atoms. The number of nitrogens with one attached hydrogen (secondary N) is 1. The van der Waals surface area contributed by atoms with Crippen LogP contribution in [0.1, 0.15) is 17.2 Å². The maximum atomic E-state index is 12.9. The summed E-state index contributed by atoms with van der Waals surface area (Å²) < 4.78 is 42.4. The van der Waals surface area contributed by atoms with Crippen molar-refractivity contribution in [3.63, 3.8) is 0 Å². The minimum Gasteiger partial charge on any atom is -0.364 e. The van der Waals surface area contributed by atoms with Gasteiger partial charge in [0, 0.05) is 28.6 Å². The Hall–Kier alpha value is -2.69. The van der Waals surface area contributed by atoms with Crippen LogP contribution in [-0.4, -0.2) is 29.0 Å². The van der Waals surface area contributed by atoms with Crippen LogP contribution in [0.5, 0.6) is 0 Å². The fraction of sp³-hybridized carbons (Fsp3) is 0.200. The number of imidazole rings is 1. The van der Waals surface area contributed by atoms with Crippen molar-refractivity contribution < 1.29 is 13.2 Å². The van der Waals surface area contributed by atoms with E-state index in [1.165, 1.54) is 0 Å². The van der Waals surface area contributed by atoms with Crippen LogP contribution in [0.4, 0.5) is 19.0 Å². The maximum absolute atomic E-state index is 12.9. The third-order valence-electron chi connectivity index (χ3n) is 3.61. The van der Waals surface area contributed by atoms with Gasteiger partial charge in [-0.15, -0.1) is 5.10 Å². The molecule has 0 aliphatic rings. The Morgan fingerprint density at radius 1 is 1.15 bits per heavy atom. The first-order chi connectivity index (χ1) is 12.3. The zero-order valence-corrected chi connectivity index (χ0v) is 14.9. The fourth-order valence-corrected chi connectivity index (χ4v) is 2.87. The lowest BCUT2D eigenvalue weighted by Gasteiger charge is -2.07. The highest BCUT2D eigenvalue weighted by Gasteiger charge is 2.36. The standard InChI is InChI=1S/C15H11BrF3N7/c1-8-4-12(26-14(21-8)23-13(24-26)15(17,18)19)20-5-10-7-25-6-9(16)2-3-11(25)22-10/h2-4,6-7,20H,5H2,1H3. The average Bonchev–Trinajstić information content (AvgIpc) is 3.15. The number of anilines is 1. The first-order valence-corrected chi connectivity index (χ1v) is 8.27. The molecule has 1 N–H and O–H groups in total. The summed E-state index contributed by atoms with van der Waals surface area (Å²) in [6, 6.07) is 5.34.